The van der Waals surface area contributed by atoms with Crippen LogP contribution < -0.4 is 4.90 Å². The number of hydrogen-bond acceptors (Lipinski definition) is 1. The zero-order valence-electron chi connectivity index (χ0n) is 33.9. The van der Waals surface area contributed by atoms with Crippen molar-refractivity contribution in [1.29, 1.82) is 0 Å². The standard InChI is InChI=1S/C54H48N2/c1-51(2)37-17-9-13-33-34-14-10-18-38-46(34)55(45(33)37)49-41(51)25-31(26-42(49)52(38,3)4)29-21-23-30(24-22-29)32-27-43-50-44(28-32)54(7,8)40-20-12-16-36-35-15-11-19-39(53(43,5)6)47(35)56(50)48(36)40/h9-11,13-14,17-28,35H,12,15-16H2,1-8H3. The molecule has 0 bridgehead atoms. The molecule has 1 atom stereocenters. The van der Waals surface area contributed by atoms with Crippen molar-refractivity contribution in [2.75, 3.05) is 4.90 Å². The lowest BCUT2D eigenvalue weighted by Gasteiger charge is -2.51. The maximum Gasteiger partial charge on any atom is 0.0582 e. The molecule has 2 heteroatoms. The van der Waals surface area contributed by atoms with Crippen molar-refractivity contribution in [2.24, 2.45) is 5.92 Å². The maximum atomic E-state index is 2.74. The van der Waals surface area contributed by atoms with Crippen LogP contribution in [-0.2, 0) is 21.7 Å². The molecule has 0 saturated carbocycles. The average molecular weight is 725 g/mol. The largest absolute Gasteiger partial charge is 0.312 e. The Morgan fingerprint density at radius 3 is 1.66 bits per heavy atom. The van der Waals surface area contributed by atoms with Gasteiger partial charge in [0.05, 0.1) is 22.4 Å². The molecule has 7 aliphatic rings. The number of para-hydroxylation sites is 2. The van der Waals surface area contributed by atoms with Gasteiger partial charge in [-0.3, -0.25) is 0 Å². The molecule has 6 aromatic rings. The summed E-state index contributed by atoms with van der Waals surface area (Å²) in [6.07, 6.45) is 11.0. The first-order valence-electron chi connectivity index (χ1n) is 21.0. The van der Waals surface area contributed by atoms with E-state index < -0.39 is 0 Å². The highest BCUT2D eigenvalue weighted by molar-refractivity contribution is 6.14. The smallest absolute Gasteiger partial charge is 0.0582 e. The monoisotopic (exact) mass is 724 g/mol. The average Bonchev–Trinajstić information content (AvgIpc) is 3.72. The van der Waals surface area contributed by atoms with Crippen LogP contribution in [0.5, 0.6) is 0 Å². The fourth-order valence-corrected chi connectivity index (χ4v) is 12.9. The van der Waals surface area contributed by atoms with Crippen LogP contribution in [0.4, 0.5) is 5.69 Å². The van der Waals surface area contributed by atoms with Gasteiger partial charge < -0.3 is 9.47 Å². The van der Waals surface area contributed by atoms with Crippen molar-refractivity contribution in [3.05, 3.63) is 165 Å². The molecule has 0 N–H and O–H groups in total. The third kappa shape index (κ3) is 3.39. The van der Waals surface area contributed by atoms with E-state index in [9.17, 15) is 0 Å². The number of aromatic nitrogens is 1. The number of anilines is 1. The van der Waals surface area contributed by atoms with Crippen molar-refractivity contribution >= 4 is 27.5 Å². The second-order valence-corrected chi connectivity index (χ2v) is 20.0. The summed E-state index contributed by atoms with van der Waals surface area (Å²) < 4.78 is 2.63. The van der Waals surface area contributed by atoms with Gasteiger partial charge in [0.2, 0.25) is 0 Å². The number of benzene rings is 5. The molecule has 0 saturated heterocycles. The SMILES string of the molecule is CC1(C)C2=CCCC3=C2N2C4=C(C=CCC34)C(C)(C)c3cc(-c4ccc(-c5cc6c7c(c5)C(C)(C)c5cccc8c9cccc(c9n-7c58)C6(C)C)cc4)cc1c32. The van der Waals surface area contributed by atoms with Gasteiger partial charge >= 0.3 is 0 Å². The van der Waals surface area contributed by atoms with Crippen molar-refractivity contribution in [1.82, 2.24) is 4.57 Å². The number of nitrogens with zero attached hydrogens (tertiary/aromatic N) is 2. The second kappa shape index (κ2) is 9.60. The van der Waals surface area contributed by atoms with E-state index in [1.807, 2.05) is 0 Å². The van der Waals surface area contributed by atoms with E-state index in [1.165, 1.54) is 107 Å². The van der Waals surface area contributed by atoms with Gasteiger partial charge in [0.25, 0.3) is 0 Å². The lowest BCUT2D eigenvalue weighted by Crippen LogP contribution is -2.43. The van der Waals surface area contributed by atoms with Gasteiger partial charge in [-0.15, -0.1) is 0 Å². The normalized spacial score (nSPS) is 22.7. The van der Waals surface area contributed by atoms with Crippen LogP contribution in [0.1, 0.15) is 108 Å². The first-order valence-corrected chi connectivity index (χ1v) is 21.0. The molecule has 0 fully saturated rings. The molecule has 13 rings (SSSR count). The Kier molecular flexibility index (Phi) is 5.46. The zero-order valence-corrected chi connectivity index (χ0v) is 33.9. The summed E-state index contributed by atoms with van der Waals surface area (Å²) in [7, 11) is 0. The van der Waals surface area contributed by atoms with Gasteiger partial charge in [0.1, 0.15) is 0 Å². The molecular weight excluding hydrogens is 677 g/mol. The molecule has 0 radical (unpaired) electrons. The maximum absolute atomic E-state index is 2.74. The van der Waals surface area contributed by atoms with Crippen LogP contribution in [-0.4, -0.2) is 4.57 Å². The fourth-order valence-electron chi connectivity index (χ4n) is 12.9. The van der Waals surface area contributed by atoms with Crippen LogP contribution in [0.3, 0.4) is 0 Å². The van der Waals surface area contributed by atoms with Gasteiger partial charge in [0, 0.05) is 49.7 Å². The van der Waals surface area contributed by atoms with E-state index in [1.54, 1.807) is 16.8 Å². The molecule has 0 amide bonds. The highest BCUT2D eigenvalue weighted by atomic mass is 15.2. The van der Waals surface area contributed by atoms with Gasteiger partial charge in [-0.1, -0.05) is 134 Å². The van der Waals surface area contributed by atoms with Crippen LogP contribution in [0.15, 0.2) is 131 Å². The number of allylic oxidation sites excluding steroid dienone is 6. The van der Waals surface area contributed by atoms with Gasteiger partial charge in [-0.25, -0.2) is 0 Å². The van der Waals surface area contributed by atoms with Crippen LogP contribution in [0.25, 0.3) is 49.7 Å². The molecule has 0 spiro atoms. The minimum absolute atomic E-state index is 0.0647. The number of fused-ring (bicyclic) bond motifs is 2. The third-order valence-electron chi connectivity index (χ3n) is 15.9. The molecule has 1 unspecified atom stereocenters. The third-order valence-corrected chi connectivity index (χ3v) is 15.9. The zero-order chi connectivity index (χ0) is 38.0. The van der Waals surface area contributed by atoms with E-state index in [2.05, 4.69) is 168 Å². The van der Waals surface area contributed by atoms with Crippen molar-refractivity contribution in [3.63, 3.8) is 0 Å². The minimum atomic E-state index is -0.136. The Morgan fingerprint density at radius 2 is 1.09 bits per heavy atom. The molecule has 5 aliphatic heterocycles. The molecule has 5 aromatic carbocycles. The Hall–Kier alpha value is -5.34. The topological polar surface area (TPSA) is 8.17 Å². The Morgan fingerprint density at radius 1 is 0.554 bits per heavy atom. The number of hydrogen-bond donors (Lipinski definition) is 0. The van der Waals surface area contributed by atoms with Crippen molar-refractivity contribution in [2.45, 2.75) is 96.3 Å². The summed E-state index contributed by atoms with van der Waals surface area (Å²) >= 11 is 0. The highest BCUT2D eigenvalue weighted by Gasteiger charge is 2.54. The molecule has 2 nitrogen and oxygen atoms in total. The van der Waals surface area contributed by atoms with E-state index in [-0.39, 0.29) is 21.7 Å². The molecule has 6 heterocycles. The molecule has 56 heavy (non-hydrogen) atoms. The van der Waals surface area contributed by atoms with Crippen LogP contribution in [0, 0.1) is 5.92 Å². The van der Waals surface area contributed by atoms with Crippen molar-refractivity contribution < 1.29 is 0 Å². The van der Waals surface area contributed by atoms with Gasteiger partial charge in [-0.05, 0) is 116 Å². The van der Waals surface area contributed by atoms with E-state index in [0.717, 1.165) is 12.8 Å². The number of rotatable bonds is 2. The van der Waals surface area contributed by atoms with Gasteiger partial charge in [0.15, 0.2) is 0 Å². The summed E-state index contributed by atoms with van der Waals surface area (Å²) in [4.78, 5) is 2.74. The fraction of sp³-hybridized carbons (Fsp3) is 0.296. The summed E-state index contributed by atoms with van der Waals surface area (Å²) in [5.74, 6) is 0.527. The lowest BCUT2D eigenvalue weighted by molar-refractivity contribution is 0.562. The van der Waals surface area contributed by atoms with Crippen molar-refractivity contribution in [3.8, 4) is 27.9 Å². The molecule has 274 valence electrons. The Labute approximate surface area is 330 Å². The van der Waals surface area contributed by atoms with E-state index >= 15 is 0 Å². The van der Waals surface area contributed by atoms with Crippen LogP contribution >= 0.6 is 0 Å². The van der Waals surface area contributed by atoms with Gasteiger partial charge in [-0.2, -0.15) is 0 Å². The quantitative estimate of drug-likeness (QED) is 0.173. The van der Waals surface area contributed by atoms with E-state index in [4.69, 9.17) is 0 Å². The first kappa shape index (κ1) is 31.8. The summed E-state index contributed by atoms with van der Waals surface area (Å²) in [5, 5.41) is 2.75. The summed E-state index contributed by atoms with van der Waals surface area (Å²) in [5.41, 5.74) is 26.9. The molecule has 1 aromatic heterocycles. The van der Waals surface area contributed by atoms with Crippen LogP contribution in [0.2, 0.25) is 0 Å². The minimum Gasteiger partial charge on any atom is -0.312 e. The molecular formula is C54H48N2. The predicted molar refractivity (Wildman–Crippen MR) is 233 cm³/mol. The first-order chi connectivity index (χ1) is 26.8. The Bertz CT molecular complexity index is 2940. The molecule has 2 aliphatic carbocycles. The Balaban J connectivity index is 0.987. The highest BCUT2D eigenvalue weighted by Crippen LogP contribution is 2.65. The summed E-state index contributed by atoms with van der Waals surface area (Å²) in [6.45, 7) is 19.7. The van der Waals surface area contributed by atoms with E-state index in [0.29, 0.717) is 5.92 Å². The predicted octanol–water partition coefficient (Wildman–Crippen LogP) is 13.6. The lowest BCUT2D eigenvalue weighted by atomic mass is 9.64. The second-order valence-electron chi connectivity index (χ2n) is 20.0. The summed E-state index contributed by atoms with van der Waals surface area (Å²) in [6, 6.07) is 33.6.